The van der Waals surface area contributed by atoms with E-state index in [-0.39, 0.29) is 12.3 Å². The molecule has 5 heteroatoms. The standard InChI is InChI=1S/C9H12N2O3/c1-3-14-5-7-10-4-6(2)8(11-7)9(12)13/h4H,3,5H2,1-2H3,(H,12,13). The third kappa shape index (κ3) is 2.50. The van der Waals surface area contributed by atoms with Crippen molar-refractivity contribution in [3.8, 4) is 0 Å². The molecular formula is C9H12N2O3. The molecule has 0 unspecified atom stereocenters. The van der Waals surface area contributed by atoms with Crippen molar-refractivity contribution in [3.05, 3.63) is 23.3 Å². The van der Waals surface area contributed by atoms with Crippen LogP contribution < -0.4 is 0 Å². The maximum Gasteiger partial charge on any atom is 0.354 e. The fourth-order valence-corrected chi connectivity index (χ4v) is 0.958. The van der Waals surface area contributed by atoms with Crippen molar-refractivity contribution in [2.24, 2.45) is 0 Å². The Kier molecular flexibility index (Phi) is 3.53. The predicted molar refractivity (Wildman–Crippen MR) is 49.1 cm³/mol. The number of ether oxygens (including phenoxy) is 1. The van der Waals surface area contributed by atoms with E-state index in [4.69, 9.17) is 9.84 Å². The minimum atomic E-state index is -1.04. The molecule has 0 aromatic carbocycles. The minimum absolute atomic E-state index is 0.0368. The van der Waals surface area contributed by atoms with Gasteiger partial charge in [0.15, 0.2) is 11.5 Å². The Balaban J connectivity index is 2.89. The molecule has 0 saturated heterocycles. The zero-order valence-corrected chi connectivity index (χ0v) is 8.15. The van der Waals surface area contributed by atoms with Crippen LogP contribution in [-0.4, -0.2) is 27.7 Å². The van der Waals surface area contributed by atoms with Crippen LogP contribution in [0.2, 0.25) is 0 Å². The van der Waals surface area contributed by atoms with E-state index >= 15 is 0 Å². The van der Waals surface area contributed by atoms with Gasteiger partial charge in [0.05, 0.1) is 0 Å². The van der Waals surface area contributed by atoms with E-state index in [2.05, 4.69) is 9.97 Å². The Morgan fingerprint density at radius 1 is 1.64 bits per heavy atom. The summed E-state index contributed by atoms with van der Waals surface area (Å²) >= 11 is 0. The molecule has 0 aliphatic heterocycles. The molecule has 0 spiro atoms. The van der Waals surface area contributed by atoms with Crippen LogP contribution in [0, 0.1) is 6.92 Å². The topological polar surface area (TPSA) is 72.3 Å². The van der Waals surface area contributed by atoms with E-state index in [9.17, 15) is 4.79 Å². The monoisotopic (exact) mass is 196 g/mol. The van der Waals surface area contributed by atoms with Crippen LogP contribution in [-0.2, 0) is 11.3 Å². The summed E-state index contributed by atoms with van der Waals surface area (Å²) in [5.74, 6) is -0.641. The van der Waals surface area contributed by atoms with Gasteiger partial charge in [0.1, 0.15) is 6.61 Å². The van der Waals surface area contributed by atoms with Crippen LogP contribution in [0.3, 0.4) is 0 Å². The highest BCUT2D eigenvalue weighted by atomic mass is 16.5. The van der Waals surface area contributed by atoms with Crippen LogP contribution in [0.4, 0.5) is 0 Å². The number of hydrogen-bond donors (Lipinski definition) is 1. The largest absolute Gasteiger partial charge is 0.477 e. The second-order valence-electron chi connectivity index (χ2n) is 2.76. The van der Waals surface area contributed by atoms with Crippen LogP contribution in [0.25, 0.3) is 0 Å². The molecule has 0 amide bonds. The first-order chi connectivity index (χ1) is 6.65. The van der Waals surface area contributed by atoms with Crippen molar-refractivity contribution >= 4 is 5.97 Å². The molecule has 14 heavy (non-hydrogen) atoms. The average Bonchev–Trinajstić information content (AvgIpc) is 2.16. The zero-order chi connectivity index (χ0) is 10.6. The highest BCUT2D eigenvalue weighted by Gasteiger charge is 2.10. The summed E-state index contributed by atoms with van der Waals surface area (Å²) in [6.07, 6.45) is 1.49. The SMILES string of the molecule is CCOCc1ncc(C)c(C(=O)O)n1. The first-order valence-corrected chi connectivity index (χ1v) is 4.28. The van der Waals surface area contributed by atoms with E-state index < -0.39 is 5.97 Å². The first-order valence-electron chi connectivity index (χ1n) is 4.28. The molecule has 1 N–H and O–H groups in total. The molecule has 1 aromatic rings. The molecule has 1 heterocycles. The number of nitrogens with zero attached hydrogens (tertiary/aromatic N) is 2. The summed E-state index contributed by atoms with van der Waals surface area (Å²) < 4.78 is 5.08. The lowest BCUT2D eigenvalue weighted by molar-refractivity contribution is 0.0687. The van der Waals surface area contributed by atoms with Crippen molar-refractivity contribution in [1.82, 2.24) is 9.97 Å². The second kappa shape index (κ2) is 4.66. The molecule has 0 radical (unpaired) electrons. The Labute approximate surface area is 81.8 Å². The van der Waals surface area contributed by atoms with Gasteiger partial charge in [0.2, 0.25) is 0 Å². The van der Waals surface area contributed by atoms with Crippen LogP contribution in [0.1, 0.15) is 28.8 Å². The Morgan fingerprint density at radius 3 is 2.93 bits per heavy atom. The molecule has 0 bridgehead atoms. The summed E-state index contributed by atoms with van der Waals surface area (Å²) in [6.45, 7) is 4.32. The molecular weight excluding hydrogens is 184 g/mol. The maximum atomic E-state index is 10.7. The number of rotatable bonds is 4. The molecule has 0 fully saturated rings. The summed E-state index contributed by atoms with van der Waals surface area (Å²) in [6, 6.07) is 0. The fraction of sp³-hybridized carbons (Fsp3) is 0.444. The molecule has 1 aromatic heterocycles. The van der Waals surface area contributed by atoms with Crippen molar-refractivity contribution < 1.29 is 14.6 Å². The summed E-state index contributed by atoms with van der Waals surface area (Å²) in [7, 11) is 0. The first kappa shape index (κ1) is 10.6. The maximum absolute atomic E-state index is 10.7. The van der Waals surface area contributed by atoms with Crippen LogP contribution in [0.5, 0.6) is 0 Å². The van der Waals surface area contributed by atoms with Gasteiger partial charge < -0.3 is 9.84 Å². The van der Waals surface area contributed by atoms with E-state index in [0.29, 0.717) is 18.0 Å². The van der Waals surface area contributed by atoms with E-state index in [0.717, 1.165) is 0 Å². The van der Waals surface area contributed by atoms with E-state index in [1.54, 1.807) is 6.92 Å². The van der Waals surface area contributed by atoms with Crippen molar-refractivity contribution in [2.45, 2.75) is 20.5 Å². The number of aryl methyl sites for hydroxylation is 1. The fourth-order valence-electron chi connectivity index (χ4n) is 0.958. The Hall–Kier alpha value is -1.49. The number of aromatic carboxylic acids is 1. The summed E-state index contributed by atoms with van der Waals surface area (Å²) in [4.78, 5) is 18.5. The zero-order valence-electron chi connectivity index (χ0n) is 8.15. The quantitative estimate of drug-likeness (QED) is 0.778. The van der Waals surface area contributed by atoms with E-state index in [1.807, 2.05) is 6.92 Å². The number of carboxylic acid groups (broad SMARTS) is 1. The minimum Gasteiger partial charge on any atom is -0.477 e. The summed E-state index contributed by atoms with van der Waals surface area (Å²) in [5, 5.41) is 8.78. The summed E-state index contributed by atoms with van der Waals surface area (Å²) in [5.41, 5.74) is 0.590. The van der Waals surface area contributed by atoms with Crippen molar-refractivity contribution in [1.29, 1.82) is 0 Å². The highest BCUT2D eigenvalue weighted by Crippen LogP contribution is 2.04. The van der Waals surface area contributed by atoms with Gasteiger partial charge in [-0.1, -0.05) is 0 Å². The molecule has 5 nitrogen and oxygen atoms in total. The van der Waals surface area contributed by atoms with Crippen LogP contribution in [0.15, 0.2) is 6.20 Å². The van der Waals surface area contributed by atoms with Gasteiger partial charge in [0, 0.05) is 18.4 Å². The number of carboxylic acids is 1. The van der Waals surface area contributed by atoms with Crippen molar-refractivity contribution in [3.63, 3.8) is 0 Å². The molecule has 1 rings (SSSR count). The van der Waals surface area contributed by atoms with Gasteiger partial charge in [-0.25, -0.2) is 14.8 Å². The Bertz CT molecular complexity index is 339. The second-order valence-corrected chi connectivity index (χ2v) is 2.76. The van der Waals surface area contributed by atoms with Crippen LogP contribution >= 0.6 is 0 Å². The molecule has 0 atom stereocenters. The lowest BCUT2D eigenvalue weighted by Crippen LogP contribution is -2.08. The third-order valence-electron chi connectivity index (χ3n) is 1.66. The lowest BCUT2D eigenvalue weighted by Gasteiger charge is -2.03. The molecule has 0 aliphatic rings. The number of carbonyl (C=O) groups is 1. The normalized spacial score (nSPS) is 10.1. The van der Waals surface area contributed by atoms with Gasteiger partial charge >= 0.3 is 5.97 Å². The van der Waals surface area contributed by atoms with Gasteiger partial charge in [-0.15, -0.1) is 0 Å². The van der Waals surface area contributed by atoms with Gasteiger partial charge in [-0.2, -0.15) is 0 Å². The Morgan fingerprint density at radius 2 is 2.36 bits per heavy atom. The van der Waals surface area contributed by atoms with E-state index in [1.165, 1.54) is 6.20 Å². The van der Waals surface area contributed by atoms with Crippen molar-refractivity contribution in [2.75, 3.05) is 6.61 Å². The smallest absolute Gasteiger partial charge is 0.354 e. The molecule has 0 aliphatic carbocycles. The third-order valence-corrected chi connectivity index (χ3v) is 1.66. The highest BCUT2D eigenvalue weighted by molar-refractivity contribution is 5.86. The lowest BCUT2D eigenvalue weighted by atomic mass is 10.2. The predicted octanol–water partition coefficient (Wildman–Crippen LogP) is 1.02. The number of aromatic nitrogens is 2. The molecule has 0 saturated carbocycles. The average molecular weight is 196 g/mol. The van der Waals surface area contributed by atoms with Gasteiger partial charge in [-0.3, -0.25) is 0 Å². The van der Waals surface area contributed by atoms with Gasteiger partial charge in [0.25, 0.3) is 0 Å². The number of hydrogen-bond acceptors (Lipinski definition) is 4. The van der Waals surface area contributed by atoms with Gasteiger partial charge in [-0.05, 0) is 13.8 Å². The molecule has 76 valence electrons.